The molecule has 1 aliphatic heterocycles. The molecule has 138 valence electrons. The molecule has 1 aromatic carbocycles. The number of aromatic nitrogens is 1. The van der Waals surface area contributed by atoms with Crippen molar-refractivity contribution in [3.63, 3.8) is 0 Å². The number of carbonyl (C=O) groups is 1. The smallest absolute Gasteiger partial charge is 0.253 e. The van der Waals surface area contributed by atoms with Crippen LogP contribution in [0.25, 0.3) is 0 Å². The van der Waals surface area contributed by atoms with Crippen LogP contribution in [0.2, 0.25) is 5.02 Å². The van der Waals surface area contributed by atoms with E-state index in [2.05, 4.69) is 10.1 Å². The van der Waals surface area contributed by atoms with Gasteiger partial charge in [-0.1, -0.05) is 35.5 Å². The Balaban J connectivity index is 1.55. The van der Waals surface area contributed by atoms with Crippen molar-refractivity contribution in [3.8, 4) is 0 Å². The number of benzene rings is 1. The highest BCUT2D eigenvalue weighted by Gasteiger charge is 2.34. The predicted molar refractivity (Wildman–Crippen MR) is 108 cm³/mol. The van der Waals surface area contributed by atoms with Crippen LogP contribution in [0, 0.1) is 6.92 Å². The number of aryl methyl sites for hydroxylation is 1. The molecule has 0 unspecified atom stereocenters. The Labute approximate surface area is 170 Å². The van der Waals surface area contributed by atoms with Crippen molar-refractivity contribution in [1.82, 2.24) is 9.99 Å². The molecule has 8 heteroatoms. The number of carbonyl (C=O) groups excluding carboxylic acids is 1. The quantitative estimate of drug-likeness (QED) is 0.537. The average molecular weight is 418 g/mol. The average Bonchev–Trinajstić information content (AvgIpc) is 3.40. The minimum Gasteiger partial charge on any atom is -0.467 e. The van der Waals surface area contributed by atoms with E-state index in [9.17, 15) is 4.79 Å². The molecular formula is C19H16ClN3O2S2. The van der Waals surface area contributed by atoms with Crippen LogP contribution in [0.1, 0.15) is 29.5 Å². The summed E-state index contributed by atoms with van der Waals surface area (Å²) >= 11 is 8.96. The molecule has 0 bridgehead atoms. The van der Waals surface area contributed by atoms with Gasteiger partial charge in [0.05, 0.1) is 17.7 Å². The number of nitrogens with zero attached hydrogens (tertiary/aromatic N) is 3. The standard InChI is InChI=1S/C19H16ClN3O2S2/c1-12-10-26-19(21-12)27-11-18(24)23-16(17-3-2-8-25-17)9-15(22-23)13-4-6-14(20)7-5-13/h2-8,10,16H,9,11H2,1H3/t16-/m1/s1. The first-order valence-corrected chi connectivity index (χ1v) is 10.6. The van der Waals surface area contributed by atoms with E-state index in [1.807, 2.05) is 48.7 Å². The van der Waals surface area contributed by atoms with Gasteiger partial charge in [-0.15, -0.1) is 11.3 Å². The minimum absolute atomic E-state index is 0.0711. The van der Waals surface area contributed by atoms with Gasteiger partial charge in [-0.3, -0.25) is 4.79 Å². The number of amides is 1. The maximum Gasteiger partial charge on any atom is 0.253 e. The molecule has 0 N–H and O–H groups in total. The Bertz CT molecular complexity index is 967. The summed E-state index contributed by atoms with van der Waals surface area (Å²) < 4.78 is 6.45. The van der Waals surface area contributed by atoms with Gasteiger partial charge < -0.3 is 4.42 Å². The van der Waals surface area contributed by atoms with Crippen LogP contribution < -0.4 is 0 Å². The SMILES string of the molecule is Cc1csc(SCC(=O)N2N=C(c3ccc(Cl)cc3)C[C@@H]2c2ccco2)n1. The Morgan fingerprint density at radius 1 is 1.37 bits per heavy atom. The normalized spacial score (nSPS) is 16.6. The van der Waals surface area contributed by atoms with Crippen molar-refractivity contribution >= 4 is 46.3 Å². The molecule has 1 aliphatic rings. The lowest BCUT2D eigenvalue weighted by atomic mass is 10.0. The Morgan fingerprint density at radius 2 is 2.19 bits per heavy atom. The van der Waals surface area contributed by atoms with Gasteiger partial charge in [0.15, 0.2) is 4.34 Å². The fraction of sp³-hybridized carbons (Fsp3) is 0.211. The van der Waals surface area contributed by atoms with Crippen molar-refractivity contribution in [2.24, 2.45) is 5.10 Å². The van der Waals surface area contributed by atoms with Crippen LogP contribution in [-0.2, 0) is 4.79 Å². The summed E-state index contributed by atoms with van der Waals surface area (Å²) in [5.74, 6) is 0.936. The molecule has 2 aromatic heterocycles. The largest absolute Gasteiger partial charge is 0.467 e. The van der Waals surface area contributed by atoms with E-state index in [1.54, 1.807) is 17.6 Å². The molecule has 0 aliphatic carbocycles. The number of hydrogen-bond donors (Lipinski definition) is 0. The third-order valence-corrected chi connectivity index (χ3v) is 6.51. The second kappa shape index (κ2) is 7.88. The summed E-state index contributed by atoms with van der Waals surface area (Å²) in [5, 5.41) is 8.79. The summed E-state index contributed by atoms with van der Waals surface area (Å²) in [4.78, 5) is 17.3. The van der Waals surface area contributed by atoms with Crippen LogP contribution in [0.15, 0.2) is 61.9 Å². The molecular weight excluding hydrogens is 402 g/mol. The van der Waals surface area contributed by atoms with Crippen molar-refractivity contribution < 1.29 is 9.21 Å². The first-order chi connectivity index (χ1) is 13.1. The second-order valence-corrected chi connectivity index (χ2v) is 8.59. The second-order valence-electron chi connectivity index (χ2n) is 6.07. The molecule has 27 heavy (non-hydrogen) atoms. The van der Waals surface area contributed by atoms with Crippen LogP contribution in [0.3, 0.4) is 0 Å². The van der Waals surface area contributed by atoms with Crippen LogP contribution in [0.5, 0.6) is 0 Å². The highest BCUT2D eigenvalue weighted by molar-refractivity contribution is 8.01. The molecule has 0 radical (unpaired) electrons. The molecule has 3 heterocycles. The van der Waals surface area contributed by atoms with Gasteiger partial charge in [-0.05, 0) is 36.8 Å². The molecule has 3 aromatic rings. The summed E-state index contributed by atoms with van der Waals surface area (Å²) in [5.41, 5.74) is 2.76. The first kappa shape index (κ1) is 18.3. The summed E-state index contributed by atoms with van der Waals surface area (Å²) in [7, 11) is 0. The summed E-state index contributed by atoms with van der Waals surface area (Å²) in [6, 6.07) is 11.0. The van der Waals surface area contributed by atoms with Gasteiger partial charge in [0.25, 0.3) is 5.91 Å². The maximum absolute atomic E-state index is 12.9. The van der Waals surface area contributed by atoms with E-state index in [1.165, 1.54) is 16.8 Å². The van der Waals surface area contributed by atoms with Gasteiger partial charge >= 0.3 is 0 Å². The molecule has 1 atom stereocenters. The van der Waals surface area contributed by atoms with Crippen molar-refractivity contribution in [1.29, 1.82) is 0 Å². The van der Waals surface area contributed by atoms with E-state index in [0.29, 0.717) is 11.4 Å². The minimum atomic E-state index is -0.239. The lowest BCUT2D eigenvalue weighted by molar-refractivity contribution is -0.130. The summed E-state index contributed by atoms with van der Waals surface area (Å²) in [6.45, 7) is 1.94. The first-order valence-electron chi connectivity index (χ1n) is 8.34. The third kappa shape index (κ3) is 4.10. The van der Waals surface area contributed by atoms with Gasteiger partial charge in [0.1, 0.15) is 11.8 Å². The van der Waals surface area contributed by atoms with Crippen molar-refractivity contribution in [2.75, 3.05) is 5.75 Å². The molecule has 1 amide bonds. The number of hydrogen-bond acceptors (Lipinski definition) is 6. The van der Waals surface area contributed by atoms with Crippen LogP contribution in [-0.4, -0.2) is 27.4 Å². The molecule has 0 saturated heterocycles. The molecule has 4 rings (SSSR count). The molecule has 0 fully saturated rings. The van der Waals surface area contributed by atoms with Gasteiger partial charge in [-0.2, -0.15) is 5.10 Å². The lowest BCUT2D eigenvalue weighted by Gasteiger charge is -2.19. The van der Waals surface area contributed by atoms with E-state index < -0.39 is 0 Å². The monoisotopic (exact) mass is 417 g/mol. The fourth-order valence-electron chi connectivity index (χ4n) is 2.85. The maximum atomic E-state index is 12.9. The third-order valence-electron chi connectivity index (χ3n) is 4.13. The summed E-state index contributed by atoms with van der Waals surface area (Å²) in [6.07, 6.45) is 2.22. The number of thioether (sulfide) groups is 1. The Morgan fingerprint density at radius 3 is 2.85 bits per heavy atom. The number of thiazole rings is 1. The zero-order valence-electron chi connectivity index (χ0n) is 14.5. The van der Waals surface area contributed by atoms with Gasteiger partial charge in [0, 0.05) is 22.5 Å². The van der Waals surface area contributed by atoms with Crippen molar-refractivity contribution in [2.45, 2.75) is 23.7 Å². The Hall–Kier alpha value is -2.09. The number of furan rings is 1. The topological polar surface area (TPSA) is 58.7 Å². The predicted octanol–water partition coefficient (Wildman–Crippen LogP) is 5.17. The zero-order chi connectivity index (χ0) is 18.8. The fourth-order valence-corrected chi connectivity index (χ4v) is 4.68. The number of rotatable bonds is 5. The van der Waals surface area contributed by atoms with Gasteiger partial charge in [0.2, 0.25) is 0 Å². The zero-order valence-corrected chi connectivity index (χ0v) is 16.9. The van der Waals surface area contributed by atoms with E-state index in [0.717, 1.165) is 27.1 Å². The molecule has 0 saturated carbocycles. The molecule has 0 spiro atoms. The van der Waals surface area contributed by atoms with Gasteiger partial charge in [-0.25, -0.2) is 9.99 Å². The van der Waals surface area contributed by atoms with E-state index >= 15 is 0 Å². The van der Waals surface area contributed by atoms with E-state index in [4.69, 9.17) is 16.0 Å². The van der Waals surface area contributed by atoms with Crippen LogP contribution in [0.4, 0.5) is 0 Å². The van der Waals surface area contributed by atoms with E-state index in [-0.39, 0.29) is 17.7 Å². The number of hydrazone groups is 1. The highest BCUT2D eigenvalue weighted by Crippen LogP contribution is 2.34. The lowest BCUT2D eigenvalue weighted by Crippen LogP contribution is -2.28. The van der Waals surface area contributed by atoms with Crippen LogP contribution >= 0.6 is 34.7 Å². The highest BCUT2D eigenvalue weighted by atomic mass is 35.5. The van der Waals surface area contributed by atoms with Crippen molar-refractivity contribution in [3.05, 3.63) is 70.1 Å². The molecule has 5 nitrogen and oxygen atoms in total. The number of halogens is 1. The Kier molecular flexibility index (Phi) is 5.33.